The maximum atomic E-state index is 4.74. The fourth-order valence-electron chi connectivity index (χ4n) is 3.49. The zero-order chi connectivity index (χ0) is 15.0. The minimum atomic E-state index is 0.529. The topological polar surface area (TPSA) is 24.7 Å². The van der Waals surface area contributed by atoms with Crippen molar-refractivity contribution in [3.63, 3.8) is 0 Å². The Kier molecular flexibility index (Phi) is 5.80. The first-order valence-electron chi connectivity index (χ1n) is 8.99. The van der Waals surface area contributed by atoms with Crippen LogP contribution in [0.2, 0.25) is 0 Å². The van der Waals surface area contributed by atoms with E-state index in [1.165, 1.54) is 64.2 Å². The number of hydrogen-bond donors (Lipinski definition) is 0. The highest BCUT2D eigenvalue weighted by Gasteiger charge is 2.10. The maximum Gasteiger partial charge on any atom is 0.0413 e. The Morgan fingerprint density at radius 2 is 1.18 bits per heavy atom. The van der Waals surface area contributed by atoms with Gasteiger partial charge in [-0.3, -0.25) is 0 Å². The first kappa shape index (κ1) is 15.5. The van der Waals surface area contributed by atoms with E-state index in [0.29, 0.717) is 12.1 Å². The molecule has 0 spiro atoms. The summed E-state index contributed by atoms with van der Waals surface area (Å²) < 4.78 is 0. The van der Waals surface area contributed by atoms with E-state index >= 15 is 0 Å². The summed E-state index contributed by atoms with van der Waals surface area (Å²) in [6.45, 7) is 0. The number of aliphatic imine (C=N–C) groups is 2. The minimum absolute atomic E-state index is 0.529. The lowest BCUT2D eigenvalue weighted by atomic mass is 9.96. The van der Waals surface area contributed by atoms with Crippen LogP contribution in [0, 0.1) is 6.07 Å². The summed E-state index contributed by atoms with van der Waals surface area (Å²) in [6.07, 6.45) is 17.1. The van der Waals surface area contributed by atoms with Gasteiger partial charge in [0.25, 0.3) is 0 Å². The van der Waals surface area contributed by atoms with Gasteiger partial charge in [-0.2, -0.15) is 0 Å². The van der Waals surface area contributed by atoms with Crippen molar-refractivity contribution in [2.45, 2.75) is 76.3 Å². The molecule has 1 aromatic rings. The van der Waals surface area contributed by atoms with Crippen LogP contribution in [0.1, 0.15) is 75.3 Å². The van der Waals surface area contributed by atoms with Crippen molar-refractivity contribution < 1.29 is 0 Å². The molecule has 0 saturated heterocycles. The average Bonchev–Trinajstić information content (AvgIpc) is 2.60. The van der Waals surface area contributed by atoms with Crippen molar-refractivity contribution in [3.05, 3.63) is 35.4 Å². The lowest BCUT2D eigenvalue weighted by molar-refractivity contribution is 0.444. The van der Waals surface area contributed by atoms with Crippen LogP contribution in [-0.2, 0) is 0 Å². The molecule has 1 aromatic carbocycles. The van der Waals surface area contributed by atoms with Crippen LogP contribution >= 0.6 is 0 Å². The summed E-state index contributed by atoms with van der Waals surface area (Å²) in [5, 5.41) is 0. The van der Waals surface area contributed by atoms with Gasteiger partial charge < -0.3 is 9.98 Å². The highest BCUT2D eigenvalue weighted by molar-refractivity contribution is 5.85. The molecule has 0 heterocycles. The van der Waals surface area contributed by atoms with E-state index in [1.54, 1.807) is 0 Å². The van der Waals surface area contributed by atoms with E-state index in [1.807, 2.05) is 12.4 Å². The summed E-state index contributed by atoms with van der Waals surface area (Å²) in [7, 11) is 0. The van der Waals surface area contributed by atoms with Gasteiger partial charge in [0.05, 0.1) is 0 Å². The lowest BCUT2D eigenvalue weighted by Gasteiger charge is -2.18. The molecule has 0 radical (unpaired) electrons. The number of nitrogens with zero attached hydrogens (tertiary/aromatic N) is 2. The van der Waals surface area contributed by atoms with Crippen LogP contribution in [0.25, 0.3) is 0 Å². The standard InChI is InChI=1S/C20H27N2/c1-3-10-19(11-4-1)21-15-17-8-7-9-18(14-17)16-22-20-12-5-2-6-13-20/h7-9,15-16,19-20H,1-6,10-13H2/q-1. The van der Waals surface area contributed by atoms with Gasteiger partial charge in [-0.05, 0) is 38.1 Å². The van der Waals surface area contributed by atoms with Gasteiger partial charge in [0.2, 0.25) is 0 Å². The SMILES string of the molecule is [c-]1c(C=NC2CCCCC2)cccc1C=NC1CCCCC1. The Hall–Kier alpha value is -1.44. The van der Waals surface area contributed by atoms with Crippen molar-refractivity contribution in [1.82, 2.24) is 0 Å². The van der Waals surface area contributed by atoms with Gasteiger partial charge in [0.1, 0.15) is 0 Å². The predicted octanol–water partition coefficient (Wildman–Crippen LogP) is 4.99. The smallest absolute Gasteiger partial charge is 0.0413 e. The Morgan fingerprint density at radius 1 is 0.727 bits per heavy atom. The molecule has 0 atom stereocenters. The van der Waals surface area contributed by atoms with Crippen LogP contribution in [0.5, 0.6) is 0 Å². The first-order valence-corrected chi connectivity index (χ1v) is 8.99. The first-order chi connectivity index (χ1) is 10.9. The fraction of sp³-hybridized carbons (Fsp3) is 0.600. The molecule has 0 aliphatic heterocycles. The molecule has 3 rings (SSSR count). The molecule has 118 valence electrons. The van der Waals surface area contributed by atoms with Gasteiger partial charge in [-0.1, -0.05) is 38.5 Å². The molecule has 2 saturated carbocycles. The van der Waals surface area contributed by atoms with Crippen LogP contribution in [0.4, 0.5) is 0 Å². The molecule has 0 unspecified atom stereocenters. The second-order valence-electron chi connectivity index (χ2n) is 6.70. The Morgan fingerprint density at radius 3 is 1.64 bits per heavy atom. The predicted molar refractivity (Wildman–Crippen MR) is 94.2 cm³/mol. The summed E-state index contributed by atoms with van der Waals surface area (Å²) in [5.74, 6) is 0. The molecule has 22 heavy (non-hydrogen) atoms. The summed E-state index contributed by atoms with van der Waals surface area (Å²) in [5.41, 5.74) is 2.16. The molecule has 2 nitrogen and oxygen atoms in total. The molecule has 2 heteroatoms. The van der Waals surface area contributed by atoms with Gasteiger partial charge >= 0.3 is 0 Å². The molecule has 0 amide bonds. The van der Waals surface area contributed by atoms with E-state index in [0.717, 1.165) is 11.1 Å². The van der Waals surface area contributed by atoms with Crippen LogP contribution < -0.4 is 0 Å². The quantitative estimate of drug-likeness (QED) is 0.552. The second-order valence-corrected chi connectivity index (χ2v) is 6.70. The zero-order valence-corrected chi connectivity index (χ0v) is 13.5. The molecule has 0 N–H and O–H groups in total. The molecule has 0 aromatic heterocycles. The molecule has 2 aliphatic carbocycles. The van der Waals surface area contributed by atoms with Crippen molar-refractivity contribution in [2.75, 3.05) is 0 Å². The monoisotopic (exact) mass is 295 g/mol. The third-order valence-electron chi connectivity index (χ3n) is 4.84. The Balaban J connectivity index is 1.59. The van der Waals surface area contributed by atoms with Gasteiger partial charge in [0.15, 0.2) is 0 Å². The third kappa shape index (κ3) is 4.79. The molecule has 2 fully saturated rings. The van der Waals surface area contributed by atoms with Crippen LogP contribution in [-0.4, -0.2) is 24.5 Å². The van der Waals surface area contributed by atoms with Crippen molar-refractivity contribution in [1.29, 1.82) is 0 Å². The van der Waals surface area contributed by atoms with Crippen molar-refractivity contribution in [3.8, 4) is 0 Å². The summed E-state index contributed by atoms with van der Waals surface area (Å²) >= 11 is 0. The van der Waals surface area contributed by atoms with Crippen LogP contribution in [0.3, 0.4) is 0 Å². The van der Waals surface area contributed by atoms with Crippen molar-refractivity contribution in [2.24, 2.45) is 9.98 Å². The number of hydrogen-bond acceptors (Lipinski definition) is 2. The normalized spacial score (nSPS) is 21.8. The highest BCUT2D eigenvalue weighted by atomic mass is 14.8. The zero-order valence-electron chi connectivity index (χ0n) is 13.5. The lowest BCUT2D eigenvalue weighted by Crippen LogP contribution is -2.10. The molecular weight excluding hydrogens is 268 g/mol. The minimum Gasteiger partial charge on any atom is -0.328 e. The molecular formula is C20H27N2-. The highest BCUT2D eigenvalue weighted by Crippen LogP contribution is 2.21. The van der Waals surface area contributed by atoms with Gasteiger partial charge in [-0.15, -0.1) is 35.4 Å². The average molecular weight is 295 g/mol. The summed E-state index contributed by atoms with van der Waals surface area (Å²) in [6, 6.07) is 10.7. The van der Waals surface area contributed by atoms with Crippen molar-refractivity contribution >= 4 is 12.4 Å². The fourth-order valence-corrected chi connectivity index (χ4v) is 3.49. The van der Waals surface area contributed by atoms with Gasteiger partial charge in [0, 0.05) is 12.1 Å². The van der Waals surface area contributed by atoms with E-state index in [2.05, 4.69) is 24.3 Å². The van der Waals surface area contributed by atoms with E-state index in [-0.39, 0.29) is 0 Å². The molecule has 2 aliphatic rings. The maximum absolute atomic E-state index is 4.74. The Labute approximate surface area is 134 Å². The number of benzene rings is 1. The second kappa shape index (κ2) is 8.26. The van der Waals surface area contributed by atoms with E-state index in [4.69, 9.17) is 9.98 Å². The van der Waals surface area contributed by atoms with Gasteiger partial charge in [-0.25, -0.2) is 0 Å². The van der Waals surface area contributed by atoms with Crippen LogP contribution in [0.15, 0.2) is 28.2 Å². The van der Waals surface area contributed by atoms with E-state index < -0.39 is 0 Å². The third-order valence-corrected chi connectivity index (χ3v) is 4.84. The summed E-state index contributed by atoms with van der Waals surface area (Å²) in [4.78, 5) is 9.49. The van der Waals surface area contributed by atoms with E-state index in [9.17, 15) is 0 Å². The largest absolute Gasteiger partial charge is 0.328 e. The number of rotatable bonds is 4. The Bertz CT molecular complexity index is 463. The molecule has 0 bridgehead atoms.